The Labute approximate surface area is 173 Å². The van der Waals surface area contributed by atoms with E-state index in [-0.39, 0.29) is 23.7 Å². The number of hydrogen-bond donors (Lipinski definition) is 1. The summed E-state index contributed by atoms with van der Waals surface area (Å²) in [7, 11) is 0. The molecule has 0 aliphatic carbocycles. The summed E-state index contributed by atoms with van der Waals surface area (Å²) >= 11 is 5.92. The highest BCUT2D eigenvalue weighted by Gasteiger charge is 2.22. The molecule has 0 aliphatic heterocycles. The maximum absolute atomic E-state index is 12.7. The SMILES string of the molecule is CC(C)n1c([C@@H](C)NC(=O)c2cc(-c3ccc(Cl)cc3)on2)nc2ccccc21. The van der Waals surface area contributed by atoms with Crippen LogP contribution in [0.1, 0.15) is 49.2 Å². The lowest BCUT2D eigenvalue weighted by atomic mass is 10.1. The number of carbonyl (C=O) groups is 1. The molecule has 1 amide bonds. The minimum Gasteiger partial charge on any atom is -0.355 e. The zero-order valence-corrected chi connectivity index (χ0v) is 17.1. The topological polar surface area (TPSA) is 73.0 Å². The minimum atomic E-state index is -0.316. The highest BCUT2D eigenvalue weighted by atomic mass is 35.5. The van der Waals surface area contributed by atoms with E-state index in [2.05, 4.69) is 28.9 Å². The smallest absolute Gasteiger partial charge is 0.274 e. The summed E-state index contributed by atoms with van der Waals surface area (Å²) in [6.07, 6.45) is 0. The third-order valence-electron chi connectivity index (χ3n) is 4.75. The highest BCUT2D eigenvalue weighted by molar-refractivity contribution is 6.30. The van der Waals surface area contributed by atoms with Crippen LogP contribution in [-0.2, 0) is 0 Å². The third kappa shape index (κ3) is 3.76. The van der Waals surface area contributed by atoms with Crippen molar-refractivity contribution in [1.29, 1.82) is 0 Å². The summed E-state index contributed by atoms with van der Waals surface area (Å²) in [5.41, 5.74) is 2.97. The first-order chi connectivity index (χ1) is 13.9. The van der Waals surface area contributed by atoms with Gasteiger partial charge in [-0.15, -0.1) is 0 Å². The van der Waals surface area contributed by atoms with Crippen LogP contribution < -0.4 is 5.32 Å². The maximum Gasteiger partial charge on any atom is 0.274 e. The molecule has 148 valence electrons. The summed E-state index contributed by atoms with van der Waals surface area (Å²) < 4.78 is 7.48. The summed E-state index contributed by atoms with van der Waals surface area (Å²) in [5.74, 6) is 0.994. The fourth-order valence-corrected chi connectivity index (χ4v) is 3.50. The lowest BCUT2D eigenvalue weighted by Crippen LogP contribution is -2.29. The Kier molecular flexibility index (Phi) is 5.11. The van der Waals surface area contributed by atoms with Gasteiger partial charge in [-0.05, 0) is 57.2 Å². The molecule has 0 aliphatic rings. The Hall–Kier alpha value is -3.12. The van der Waals surface area contributed by atoms with E-state index in [4.69, 9.17) is 21.1 Å². The molecule has 6 nitrogen and oxygen atoms in total. The summed E-state index contributed by atoms with van der Waals surface area (Å²) in [4.78, 5) is 17.5. The largest absolute Gasteiger partial charge is 0.355 e. The molecular weight excluding hydrogens is 388 g/mol. The van der Waals surface area contributed by atoms with Gasteiger partial charge in [-0.25, -0.2) is 4.98 Å². The zero-order chi connectivity index (χ0) is 20.5. The number of imidazole rings is 1. The van der Waals surface area contributed by atoms with Gasteiger partial charge in [0, 0.05) is 22.7 Å². The quantitative estimate of drug-likeness (QED) is 0.478. The molecule has 0 bridgehead atoms. The molecule has 0 spiro atoms. The predicted octanol–water partition coefficient (Wildman–Crippen LogP) is 5.42. The summed E-state index contributed by atoms with van der Waals surface area (Å²) in [6, 6.07) is 16.7. The average Bonchev–Trinajstić information content (AvgIpc) is 3.33. The number of para-hydroxylation sites is 2. The molecule has 0 unspecified atom stereocenters. The van der Waals surface area contributed by atoms with Gasteiger partial charge >= 0.3 is 0 Å². The van der Waals surface area contributed by atoms with Crippen LogP contribution >= 0.6 is 11.6 Å². The van der Waals surface area contributed by atoms with Gasteiger partial charge in [-0.2, -0.15) is 0 Å². The number of nitrogens with one attached hydrogen (secondary N) is 1. The average molecular weight is 409 g/mol. The lowest BCUT2D eigenvalue weighted by Gasteiger charge is -2.18. The third-order valence-corrected chi connectivity index (χ3v) is 5.00. The van der Waals surface area contributed by atoms with Gasteiger partial charge in [0.25, 0.3) is 5.91 Å². The second kappa shape index (κ2) is 7.72. The molecule has 0 saturated carbocycles. The van der Waals surface area contributed by atoms with Gasteiger partial charge in [0.15, 0.2) is 11.5 Å². The Morgan fingerprint density at radius 1 is 1.10 bits per heavy atom. The molecule has 2 heterocycles. The Bertz CT molecular complexity index is 1160. The van der Waals surface area contributed by atoms with Crippen LogP contribution in [0.2, 0.25) is 5.02 Å². The van der Waals surface area contributed by atoms with E-state index >= 15 is 0 Å². The zero-order valence-electron chi connectivity index (χ0n) is 16.4. The van der Waals surface area contributed by atoms with Crippen LogP contribution in [0.15, 0.2) is 59.1 Å². The number of rotatable bonds is 5. The van der Waals surface area contributed by atoms with E-state index in [1.807, 2.05) is 43.3 Å². The van der Waals surface area contributed by atoms with E-state index in [1.165, 1.54) is 0 Å². The first-order valence-corrected chi connectivity index (χ1v) is 9.82. The molecule has 4 rings (SSSR count). The fraction of sp³-hybridized carbons (Fsp3) is 0.227. The number of halogens is 1. The second-order valence-corrected chi connectivity index (χ2v) is 7.64. The van der Waals surface area contributed by atoms with Crippen LogP contribution in [0.3, 0.4) is 0 Å². The van der Waals surface area contributed by atoms with Crippen molar-refractivity contribution in [2.45, 2.75) is 32.9 Å². The number of hydrogen-bond acceptors (Lipinski definition) is 4. The molecule has 7 heteroatoms. The van der Waals surface area contributed by atoms with Crippen molar-refractivity contribution in [2.24, 2.45) is 0 Å². The first-order valence-electron chi connectivity index (χ1n) is 9.44. The van der Waals surface area contributed by atoms with Gasteiger partial charge in [-0.1, -0.05) is 28.9 Å². The van der Waals surface area contributed by atoms with Crippen molar-refractivity contribution in [2.75, 3.05) is 0 Å². The van der Waals surface area contributed by atoms with Gasteiger partial charge in [0.05, 0.1) is 17.1 Å². The van der Waals surface area contributed by atoms with Crippen molar-refractivity contribution in [3.8, 4) is 11.3 Å². The summed E-state index contributed by atoms with van der Waals surface area (Å²) in [5, 5.41) is 7.52. The van der Waals surface area contributed by atoms with E-state index in [0.29, 0.717) is 10.8 Å². The number of amides is 1. The Morgan fingerprint density at radius 2 is 1.83 bits per heavy atom. The summed E-state index contributed by atoms with van der Waals surface area (Å²) in [6.45, 7) is 6.11. The highest BCUT2D eigenvalue weighted by Crippen LogP contribution is 2.26. The minimum absolute atomic E-state index is 0.209. The van der Waals surface area contributed by atoms with Crippen molar-refractivity contribution in [3.63, 3.8) is 0 Å². The Morgan fingerprint density at radius 3 is 2.55 bits per heavy atom. The molecule has 2 aromatic carbocycles. The molecule has 4 aromatic rings. The van der Waals surface area contributed by atoms with Gasteiger partial charge in [0.2, 0.25) is 0 Å². The van der Waals surface area contributed by atoms with Crippen LogP contribution in [0, 0.1) is 0 Å². The number of benzene rings is 2. The molecule has 0 saturated heterocycles. The lowest BCUT2D eigenvalue weighted by molar-refractivity contribution is 0.0928. The molecule has 2 aromatic heterocycles. The number of aromatic nitrogens is 3. The number of fused-ring (bicyclic) bond motifs is 1. The van der Waals surface area contributed by atoms with Crippen molar-refractivity contribution in [3.05, 3.63) is 71.1 Å². The standard InChI is InChI=1S/C22H21ClN4O2/c1-13(2)27-19-7-5-4-6-17(19)25-21(27)14(3)24-22(28)18-12-20(29-26-18)15-8-10-16(23)11-9-15/h4-14H,1-3H3,(H,24,28)/t14-/m1/s1. The van der Waals surface area contributed by atoms with Gasteiger partial charge in [-0.3, -0.25) is 4.79 Å². The number of carbonyl (C=O) groups excluding carboxylic acids is 1. The molecule has 1 N–H and O–H groups in total. The second-order valence-electron chi connectivity index (χ2n) is 7.20. The van der Waals surface area contributed by atoms with Crippen LogP contribution in [0.5, 0.6) is 0 Å². The van der Waals surface area contributed by atoms with Crippen molar-refractivity contribution < 1.29 is 9.32 Å². The van der Waals surface area contributed by atoms with Crippen LogP contribution in [0.4, 0.5) is 0 Å². The molecular formula is C22H21ClN4O2. The number of nitrogens with zero attached hydrogens (tertiary/aromatic N) is 3. The molecule has 29 heavy (non-hydrogen) atoms. The van der Waals surface area contributed by atoms with Crippen LogP contribution in [-0.4, -0.2) is 20.6 Å². The van der Waals surface area contributed by atoms with Crippen LogP contribution in [0.25, 0.3) is 22.4 Å². The van der Waals surface area contributed by atoms with Gasteiger partial charge in [0.1, 0.15) is 5.82 Å². The Balaban J connectivity index is 1.57. The van der Waals surface area contributed by atoms with E-state index in [9.17, 15) is 4.79 Å². The first kappa shape index (κ1) is 19.2. The predicted molar refractivity (Wildman–Crippen MR) is 113 cm³/mol. The van der Waals surface area contributed by atoms with Crippen molar-refractivity contribution >= 4 is 28.5 Å². The fourth-order valence-electron chi connectivity index (χ4n) is 3.38. The molecule has 0 radical (unpaired) electrons. The van der Waals surface area contributed by atoms with Crippen molar-refractivity contribution in [1.82, 2.24) is 20.0 Å². The van der Waals surface area contributed by atoms with Gasteiger partial charge < -0.3 is 14.4 Å². The van der Waals surface area contributed by atoms with E-state index in [0.717, 1.165) is 22.4 Å². The monoisotopic (exact) mass is 408 g/mol. The van der Waals surface area contributed by atoms with E-state index in [1.54, 1.807) is 18.2 Å². The molecule has 0 fully saturated rings. The van der Waals surface area contributed by atoms with E-state index < -0.39 is 0 Å². The molecule has 1 atom stereocenters. The normalized spacial score (nSPS) is 12.4. The maximum atomic E-state index is 12.7.